The zero-order valence-electron chi connectivity index (χ0n) is 12.1. The molecule has 0 aliphatic heterocycles. The van der Waals surface area contributed by atoms with Gasteiger partial charge in [-0.3, -0.25) is 0 Å². The van der Waals surface area contributed by atoms with E-state index in [-0.39, 0.29) is 29.3 Å². The van der Waals surface area contributed by atoms with E-state index in [1.165, 1.54) is 10.8 Å². The van der Waals surface area contributed by atoms with Gasteiger partial charge >= 0.3 is 0 Å². The first-order chi connectivity index (χ1) is 8.59. The third kappa shape index (κ3) is 4.89. The molecule has 118 valence electrons. The van der Waals surface area contributed by atoms with Crippen molar-refractivity contribution < 1.29 is 8.42 Å². The molecule has 0 bridgehead atoms. The summed E-state index contributed by atoms with van der Waals surface area (Å²) < 4.78 is 28.6. The Kier molecular flexibility index (Phi) is 6.96. The monoisotopic (exact) mass is 344 g/mol. The highest BCUT2D eigenvalue weighted by Gasteiger charge is 2.31. The van der Waals surface area contributed by atoms with E-state index in [4.69, 9.17) is 17.3 Å². The van der Waals surface area contributed by atoms with Gasteiger partial charge in [0.1, 0.15) is 0 Å². The average molecular weight is 345 g/mol. The molecule has 0 amide bonds. The van der Waals surface area contributed by atoms with Crippen LogP contribution in [-0.2, 0) is 17.1 Å². The van der Waals surface area contributed by atoms with E-state index >= 15 is 0 Å². The lowest BCUT2D eigenvalue weighted by Gasteiger charge is -2.30. The van der Waals surface area contributed by atoms with E-state index in [0.717, 1.165) is 0 Å². The molecule has 9 heteroatoms. The van der Waals surface area contributed by atoms with Gasteiger partial charge in [-0.05, 0) is 30.9 Å². The molecule has 1 atom stereocenters. The second kappa shape index (κ2) is 7.09. The van der Waals surface area contributed by atoms with Gasteiger partial charge in [0.25, 0.3) is 10.0 Å². The van der Waals surface area contributed by atoms with Gasteiger partial charge in [-0.2, -0.15) is 0 Å². The molecule has 1 aromatic rings. The van der Waals surface area contributed by atoms with Gasteiger partial charge in [-0.1, -0.05) is 13.8 Å². The third-order valence-corrected chi connectivity index (χ3v) is 4.62. The minimum atomic E-state index is -3.72. The zero-order chi connectivity index (χ0) is 14.8. The van der Waals surface area contributed by atoms with Crippen LogP contribution in [0.1, 0.15) is 27.2 Å². The van der Waals surface area contributed by atoms with Crippen LogP contribution in [0.2, 0.25) is 5.28 Å². The van der Waals surface area contributed by atoms with E-state index in [9.17, 15) is 8.42 Å². The highest BCUT2D eigenvalue weighted by molar-refractivity contribution is 7.89. The summed E-state index contributed by atoms with van der Waals surface area (Å²) in [6.45, 7) is 6.03. The number of nitrogens with two attached hydrogens (primary N) is 1. The van der Waals surface area contributed by atoms with Gasteiger partial charge in [-0.15, -0.1) is 12.4 Å². The number of hydrogen-bond acceptors (Lipinski definition) is 4. The van der Waals surface area contributed by atoms with Crippen LogP contribution in [0.3, 0.4) is 0 Å². The second-order valence-electron chi connectivity index (χ2n) is 5.43. The van der Waals surface area contributed by atoms with Crippen LogP contribution in [-0.4, -0.2) is 30.1 Å². The lowest BCUT2D eigenvalue weighted by molar-refractivity contribution is 0.344. The number of aromatic nitrogens is 2. The van der Waals surface area contributed by atoms with Crippen molar-refractivity contribution >= 4 is 34.0 Å². The molecular weight excluding hydrogens is 323 g/mol. The Morgan fingerprint density at radius 2 is 2.10 bits per heavy atom. The smallest absolute Gasteiger partial charge is 0.260 e. The lowest BCUT2D eigenvalue weighted by Crippen LogP contribution is -2.52. The van der Waals surface area contributed by atoms with Crippen molar-refractivity contribution in [3.63, 3.8) is 0 Å². The molecule has 0 saturated heterocycles. The molecule has 1 heterocycles. The first kappa shape index (κ1) is 19.7. The average Bonchev–Trinajstić information content (AvgIpc) is 2.58. The Morgan fingerprint density at radius 3 is 2.45 bits per heavy atom. The molecule has 0 aliphatic rings. The Labute approximate surface area is 131 Å². The van der Waals surface area contributed by atoms with Gasteiger partial charge < -0.3 is 10.3 Å². The van der Waals surface area contributed by atoms with Crippen LogP contribution in [0.15, 0.2) is 11.2 Å². The van der Waals surface area contributed by atoms with Crippen molar-refractivity contribution in [2.45, 2.75) is 37.8 Å². The third-order valence-electron chi connectivity index (χ3n) is 2.76. The van der Waals surface area contributed by atoms with Crippen molar-refractivity contribution in [2.75, 3.05) is 6.54 Å². The number of imidazole rings is 1. The first-order valence-electron chi connectivity index (χ1n) is 6.02. The second-order valence-corrected chi connectivity index (χ2v) is 7.39. The number of rotatable bonds is 6. The fourth-order valence-electron chi connectivity index (χ4n) is 1.99. The van der Waals surface area contributed by atoms with E-state index in [0.29, 0.717) is 12.3 Å². The van der Waals surface area contributed by atoms with Crippen molar-refractivity contribution in [1.82, 2.24) is 14.3 Å². The number of sulfonamides is 1. The van der Waals surface area contributed by atoms with Gasteiger partial charge in [0.05, 0.1) is 0 Å². The molecule has 0 spiro atoms. The predicted octanol–water partition coefficient (Wildman–Crippen LogP) is 1.54. The topological polar surface area (TPSA) is 90.0 Å². The molecule has 1 unspecified atom stereocenters. The lowest BCUT2D eigenvalue weighted by atomic mass is 9.92. The van der Waals surface area contributed by atoms with E-state index in [1.54, 1.807) is 14.0 Å². The van der Waals surface area contributed by atoms with Crippen molar-refractivity contribution in [1.29, 1.82) is 0 Å². The van der Waals surface area contributed by atoms with Gasteiger partial charge in [0.2, 0.25) is 5.28 Å². The Hall–Kier alpha value is -0.340. The summed E-state index contributed by atoms with van der Waals surface area (Å²) in [5.41, 5.74) is 5.00. The van der Waals surface area contributed by atoms with Crippen LogP contribution in [0.4, 0.5) is 0 Å². The highest BCUT2D eigenvalue weighted by atomic mass is 35.5. The van der Waals surface area contributed by atoms with Crippen molar-refractivity contribution in [2.24, 2.45) is 18.7 Å². The van der Waals surface area contributed by atoms with Crippen LogP contribution >= 0.6 is 24.0 Å². The maximum atomic E-state index is 12.3. The van der Waals surface area contributed by atoms with Crippen molar-refractivity contribution in [3.8, 4) is 0 Å². The molecule has 1 aromatic heterocycles. The molecular formula is C11H22Cl2N4O2S. The summed E-state index contributed by atoms with van der Waals surface area (Å²) in [5, 5.41) is 0.0297. The number of nitrogens with one attached hydrogen (secondary N) is 1. The minimum absolute atomic E-state index is 0. The zero-order valence-corrected chi connectivity index (χ0v) is 14.4. The fourth-order valence-corrected chi connectivity index (χ4v) is 3.60. The summed E-state index contributed by atoms with van der Waals surface area (Å²) >= 11 is 5.76. The molecule has 3 N–H and O–H groups in total. The normalized spacial score (nSPS) is 14.9. The molecule has 1 rings (SSSR count). The van der Waals surface area contributed by atoms with E-state index in [1.807, 2.05) is 13.8 Å². The quantitative estimate of drug-likeness (QED) is 0.818. The van der Waals surface area contributed by atoms with E-state index < -0.39 is 15.6 Å². The molecule has 0 aliphatic carbocycles. The summed E-state index contributed by atoms with van der Waals surface area (Å²) in [5.74, 6) is 0.323. The number of aryl methyl sites for hydroxylation is 1. The number of nitrogens with zero attached hydrogens (tertiary/aromatic N) is 2. The van der Waals surface area contributed by atoms with Crippen LogP contribution in [0.25, 0.3) is 0 Å². The summed E-state index contributed by atoms with van der Waals surface area (Å²) in [7, 11) is -2.09. The summed E-state index contributed by atoms with van der Waals surface area (Å²) in [4.78, 5) is 3.82. The number of hydrogen-bond donors (Lipinski definition) is 2. The standard InChI is InChI=1S/C11H21ClN4O2S.ClH/c1-8(2)5-11(3,7-13)15-19(17,18)9-6-16(4)10(12)14-9;/h6,8,15H,5,7,13H2,1-4H3;1H. The highest BCUT2D eigenvalue weighted by Crippen LogP contribution is 2.20. The Morgan fingerprint density at radius 1 is 1.55 bits per heavy atom. The van der Waals surface area contributed by atoms with Gasteiger partial charge in [-0.25, -0.2) is 18.1 Å². The first-order valence-corrected chi connectivity index (χ1v) is 7.88. The largest absolute Gasteiger partial charge is 0.329 e. The summed E-state index contributed by atoms with van der Waals surface area (Å²) in [6, 6.07) is 0. The van der Waals surface area contributed by atoms with Crippen LogP contribution in [0.5, 0.6) is 0 Å². The van der Waals surface area contributed by atoms with E-state index in [2.05, 4.69) is 9.71 Å². The maximum Gasteiger partial charge on any atom is 0.260 e. The fraction of sp³-hybridized carbons (Fsp3) is 0.727. The van der Waals surface area contributed by atoms with Gasteiger partial charge in [0, 0.05) is 25.3 Å². The molecule has 0 saturated carbocycles. The van der Waals surface area contributed by atoms with Gasteiger partial charge in [0.15, 0.2) is 5.03 Å². The SMILES string of the molecule is CC(C)CC(C)(CN)NS(=O)(=O)c1cn(C)c(Cl)n1.Cl. The van der Waals surface area contributed by atoms with Crippen molar-refractivity contribution in [3.05, 3.63) is 11.5 Å². The molecule has 20 heavy (non-hydrogen) atoms. The minimum Gasteiger partial charge on any atom is -0.329 e. The Balaban J connectivity index is 0.00000361. The molecule has 0 radical (unpaired) electrons. The number of halogens is 2. The molecule has 0 aromatic carbocycles. The predicted molar refractivity (Wildman–Crippen MR) is 82.7 cm³/mol. The van der Waals surface area contributed by atoms with Crippen LogP contribution in [0, 0.1) is 5.92 Å². The maximum absolute atomic E-state index is 12.3. The van der Waals surface area contributed by atoms with Crippen LogP contribution < -0.4 is 10.5 Å². The summed E-state index contributed by atoms with van der Waals surface area (Å²) in [6.07, 6.45) is 2.01. The Bertz CT molecular complexity index is 525. The molecule has 6 nitrogen and oxygen atoms in total. The molecule has 0 fully saturated rings.